The molecule has 0 aliphatic carbocycles. The lowest BCUT2D eigenvalue weighted by atomic mass is 10.0. The first kappa shape index (κ1) is 19.6. The molecule has 3 rings (SSSR count). The van der Waals surface area contributed by atoms with Crippen molar-refractivity contribution < 1.29 is 26.3 Å². The molecule has 0 saturated carbocycles. The minimum absolute atomic E-state index is 0.0871. The third-order valence-corrected chi connectivity index (χ3v) is 7.27. The van der Waals surface area contributed by atoms with Crippen LogP contribution in [-0.2, 0) is 33.0 Å². The second kappa shape index (κ2) is 7.12. The highest BCUT2D eigenvalue weighted by Gasteiger charge is 2.32. The molecular weight excluding hydrogens is 392 g/mol. The van der Waals surface area contributed by atoms with Gasteiger partial charge in [0.1, 0.15) is 21.3 Å². The van der Waals surface area contributed by atoms with Crippen LogP contribution in [-0.4, -0.2) is 41.9 Å². The van der Waals surface area contributed by atoms with E-state index in [0.717, 1.165) is 5.56 Å². The van der Waals surface area contributed by atoms with Crippen LogP contribution >= 0.6 is 0 Å². The molecule has 146 valence electrons. The van der Waals surface area contributed by atoms with Crippen molar-refractivity contribution in [3.63, 3.8) is 0 Å². The summed E-state index contributed by atoms with van der Waals surface area (Å²) < 4.78 is 61.3. The summed E-state index contributed by atoms with van der Waals surface area (Å²) in [5.41, 5.74) is 1.40. The molecule has 8 nitrogen and oxygen atoms in total. The minimum atomic E-state index is -3.95. The topological polar surface area (TPSA) is 116 Å². The maximum Gasteiger partial charge on any atom is 0.247 e. The zero-order chi connectivity index (χ0) is 19.8. The van der Waals surface area contributed by atoms with Gasteiger partial charge >= 0.3 is 0 Å². The molecule has 0 unspecified atom stereocenters. The summed E-state index contributed by atoms with van der Waals surface area (Å²) in [5, 5.41) is 5.24. The number of ether oxygens (including phenoxy) is 2. The average Bonchev–Trinajstić information content (AvgIpc) is 2.65. The van der Waals surface area contributed by atoms with Gasteiger partial charge in [0.05, 0.1) is 14.2 Å². The van der Waals surface area contributed by atoms with E-state index in [-0.39, 0.29) is 34.4 Å². The van der Waals surface area contributed by atoms with Crippen molar-refractivity contribution in [2.24, 2.45) is 5.14 Å². The fourth-order valence-electron chi connectivity index (χ4n) is 3.10. The number of rotatable bonds is 5. The zero-order valence-corrected chi connectivity index (χ0v) is 16.5. The van der Waals surface area contributed by atoms with Gasteiger partial charge in [0, 0.05) is 13.1 Å². The summed E-state index contributed by atoms with van der Waals surface area (Å²) >= 11 is 0. The number of hydrogen-bond donors (Lipinski definition) is 1. The molecule has 0 atom stereocenters. The Morgan fingerprint density at radius 2 is 1.59 bits per heavy atom. The van der Waals surface area contributed by atoms with Crippen molar-refractivity contribution >= 4 is 20.0 Å². The van der Waals surface area contributed by atoms with Gasteiger partial charge in [-0.1, -0.05) is 12.1 Å². The van der Waals surface area contributed by atoms with E-state index < -0.39 is 20.0 Å². The number of hydrogen-bond acceptors (Lipinski definition) is 6. The number of benzene rings is 2. The molecule has 10 heteroatoms. The van der Waals surface area contributed by atoms with Gasteiger partial charge in [0.2, 0.25) is 20.0 Å². The van der Waals surface area contributed by atoms with Crippen molar-refractivity contribution in [1.82, 2.24) is 4.31 Å². The van der Waals surface area contributed by atoms with Crippen molar-refractivity contribution in [2.45, 2.75) is 22.8 Å². The van der Waals surface area contributed by atoms with Crippen LogP contribution in [0.4, 0.5) is 0 Å². The number of nitrogens with two attached hydrogens (primary N) is 1. The fraction of sp³-hybridized carbons (Fsp3) is 0.294. The third-order valence-electron chi connectivity index (χ3n) is 4.46. The molecule has 27 heavy (non-hydrogen) atoms. The number of sulfonamides is 2. The van der Waals surface area contributed by atoms with E-state index in [2.05, 4.69) is 0 Å². The largest absolute Gasteiger partial charge is 0.495 e. The molecule has 0 radical (unpaired) electrons. The Kier molecular flexibility index (Phi) is 5.17. The number of methoxy groups -OCH3 is 2. The van der Waals surface area contributed by atoms with Gasteiger partial charge in [0.15, 0.2) is 0 Å². The maximum atomic E-state index is 13.1. The van der Waals surface area contributed by atoms with Crippen LogP contribution in [0.5, 0.6) is 11.5 Å². The van der Waals surface area contributed by atoms with Gasteiger partial charge in [-0.15, -0.1) is 0 Å². The SMILES string of the molecule is COc1cc2c(cc1S(N)(=O)=O)CCN(S(=O)(=O)c1ccccc1OC)C2. The van der Waals surface area contributed by atoms with Gasteiger partial charge in [-0.05, 0) is 41.8 Å². The molecule has 0 spiro atoms. The van der Waals surface area contributed by atoms with E-state index in [1.807, 2.05) is 0 Å². The molecular formula is C17H20N2O6S2. The molecule has 0 aromatic heterocycles. The van der Waals surface area contributed by atoms with E-state index in [9.17, 15) is 16.8 Å². The summed E-state index contributed by atoms with van der Waals surface area (Å²) in [6.45, 7) is 0.306. The average molecular weight is 412 g/mol. The second-order valence-corrected chi connectivity index (χ2v) is 9.49. The van der Waals surface area contributed by atoms with Crippen LogP contribution in [0.1, 0.15) is 11.1 Å². The van der Waals surface area contributed by atoms with Crippen molar-refractivity contribution in [2.75, 3.05) is 20.8 Å². The van der Waals surface area contributed by atoms with E-state index in [4.69, 9.17) is 14.6 Å². The Hall–Kier alpha value is -2.14. The first-order valence-corrected chi connectivity index (χ1v) is 11.0. The van der Waals surface area contributed by atoms with E-state index in [0.29, 0.717) is 12.0 Å². The molecule has 2 aromatic rings. The van der Waals surface area contributed by atoms with Crippen molar-refractivity contribution in [3.05, 3.63) is 47.5 Å². The normalized spacial score (nSPS) is 15.2. The molecule has 2 N–H and O–H groups in total. The number of primary sulfonamides is 1. The minimum Gasteiger partial charge on any atom is -0.495 e. The molecule has 0 amide bonds. The molecule has 0 bridgehead atoms. The van der Waals surface area contributed by atoms with E-state index in [1.54, 1.807) is 18.2 Å². The third kappa shape index (κ3) is 3.65. The van der Waals surface area contributed by atoms with Crippen LogP contribution < -0.4 is 14.6 Å². The predicted octanol–water partition coefficient (Wildman–Crippen LogP) is 1.10. The Morgan fingerprint density at radius 1 is 0.926 bits per heavy atom. The number of fused-ring (bicyclic) bond motifs is 1. The quantitative estimate of drug-likeness (QED) is 0.786. The number of para-hydroxylation sites is 1. The predicted molar refractivity (Wildman–Crippen MR) is 98.7 cm³/mol. The highest BCUT2D eigenvalue weighted by molar-refractivity contribution is 7.89. The molecule has 2 aromatic carbocycles. The summed E-state index contributed by atoms with van der Waals surface area (Å²) in [6.07, 6.45) is 0.357. The van der Waals surface area contributed by atoms with Crippen LogP contribution in [0, 0.1) is 0 Å². The lowest BCUT2D eigenvalue weighted by molar-refractivity contribution is 0.372. The smallest absolute Gasteiger partial charge is 0.247 e. The molecule has 1 heterocycles. The van der Waals surface area contributed by atoms with Crippen molar-refractivity contribution in [1.29, 1.82) is 0 Å². The number of nitrogens with zero attached hydrogens (tertiary/aromatic N) is 1. The summed E-state index contributed by atoms with van der Waals surface area (Å²) in [7, 11) is -4.98. The lowest BCUT2D eigenvalue weighted by Crippen LogP contribution is -2.36. The maximum absolute atomic E-state index is 13.1. The van der Waals surface area contributed by atoms with Gasteiger partial charge in [0.25, 0.3) is 0 Å². The van der Waals surface area contributed by atoms with Gasteiger partial charge in [-0.3, -0.25) is 0 Å². The van der Waals surface area contributed by atoms with E-state index in [1.165, 1.54) is 36.7 Å². The summed E-state index contributed by atoms with van der Waals surface area (Å²) in [4.78, 5) is -0.0196. The Morgan fingerprint density at radius 3 is 2.22 bits per heavy atom. The lowest BCUT2D eigenvalue weighted by Gasteiger charge is -2.29. The molecule has 0 saturated heterocycles. The second-order valence-electron chi connectivity index (χ2n) is 6.06. The standard InChI is InChI=1S/C17H20N2O6S2/c1-24-14-5-3-4-6-16(14)27(22,23)19-8-7-12-10-17(26(18,20)21)15(25-2)9-13(12)11-19/h3-6,9-10H,7-8,11H2,1-2H3,(H2,18,20,21). The Balaban J connectivity index is 2.01. The van der Waals surface area contributed by atoms with Gasteiger partial charge in [-0.2, -0.15) is 4.31 Å². The summed E-state index contributed by atoms with van der Waals surface area (Å²) in [6, 6.07) is 9.40. The first-order chi connectivity index (χ1) is 12.7. The molecule has 1 aliphatic rings. The van der Waals surface area contributed by atoms with Gasteiger partial charge < -0.3 is 9.47 Å². The van der Waals surface area contributed by atoms with Crippen molar-refractivity contribution in [3.8, 4) is 11.5 Å². The molecule has 1 aliphatic heterocycles. The van der Waals surface area contributed by atoms with Crippen LogP contribution in [0.15, 0.2) is 46.2 Å². The first-order valence-electron chi connectivity index (χ1n) is 8.04. The monoisotopic (exact) mass is 412 g/mol. The van der Waals surface area contributed by atoms with E-state index >= 15 is 0 Å². The molecule has 0 fully saturated rings. The Bertz CT molecular complexity index is 1080. The Labute approximate surface area is 158 Å². The van der Waals surface area contributed by atoms with Crippen LogP contribution in [0.2, 0.25) is 0 Å². The summed E-state index contributed by atoms with van der Waals surface area (Å²) in [5.74, 6) is 0.359. The highest BCUT2D eigenvalue weighted by atomic mass is 32.2. The van der Waals surface area contributed by atoms with Crippen LogP contribution in [0.3, 0.4) is 0 Å². The van der Waals surface area contributed by atoms with Crippen LogP contribution in [0.25, 0.3) is 0 Å². The fourth-order valence-corrected chi connectivity index (χ4v) is 5.40. The highest BCUT2D eigenvalue weighted by Crippen LogP contribution is 2.33. The van der Waals surface area contributed by atoms with Gasteiger partial charge in [-0.25, -0.2) is 22.0 Å². The zero-order valence-electron chi connectivity index (χ0n) is 14.9.